The fourth-order valence-corrected chi connectivity index (χ4v) is 3.11. The lowest BCUT2D eigenvalue weighted by Gasteiger charge is -2.22. The molecule has 0 spiro atoms. The molecule has 0 fully saturated rings. The lowest BCUT2D eigenvalue weighted by molar-refractivity contribution is 0.685. The maximum absolute atomic E-state index is 2.44. The van der Waals surface area contributed by atoms with Crippen LogP contribution in [0.5, 0.6) is 0 Å². The molecule has 1 aliphatic rings. The summed E-state index contributed by atoms with van der Waals surface area (Å²) < 4.78 is 0. The van der Waals surface area contributed by atoms with Gasteiger partial charge in [-0.15, -0.1) is 0 Å². The molecule has 0 amide bonds. The summed E-state index contributed by atoms with van der Waals surface area (Å²) >= 11 is 0. The van der Waals surface area contributed by atoms with Gasteiger partial charge in [0.2, 0.25) is 0 Å². The molecule has 0 aromatic heterocycles. The van der Waals surface area contributed by atoms with E-state index in [0.29, 0.717) is 17.8 Å². The molecular weight excluding hydrogens is 252 g/mol. The van der Waals surface area contributed by atoms with Crippen LogP contribution >= 0.6 is 0 Å². The van der Waals surface area contributed by atoms with Gasteiger partial charge in [0.05, 0.1) is 0 Å². The third-order valence-electron chi connectivity index (χ3n) is 4.26. The number of hydrogen-bond acceptors (Lipinski definition) is 0. The summed E-state index contributed by atoms with van der Waals surface area (Å²) in [6, 6.07) is 21.7. The van der Waals surface area contributed by atoms with Crippen molar-refractivity contribution in [1.29, 1.82) is 0 Å². The molecule has 3 rings (SSSR count). The highest BCUT2D eigenvalue weighted by atomic mass is 14.3. The molecule has 0 radical (unpaired) electrons. The van der Waals surface area contributed by atoms with Crippen LogP contribution in [-0.2, 0) is 0 Å². The number of benzene rings is 2. The van der Waals surface area contributed by atoms with Gasteiger partial charge in [0.1, 0.15) is 0 Å². The molecule has 106 valence electrons. The highest BCUT2D eigenvalue weighted by Crippen LogP contribution is 2.38. The lowest BCUT2D eigenvalue weighted by Crippen LogP contribution is -2.09. The summed E-state index contributed by atoms with van der Waals surface area (Å²) in [7, 11) is 0. The van der Waals surface area contributed by atoms with E-state index < -0.39 is 0 Å². The average molecular weight is 274 g/mol. The molecule has 0 nitrogen and oxygen atoms in total. The van der Waals surface area contributed by atoms with Gasteiger partial charge < -0.3 is 0 Å². The van der Waals surface area contributed by atoms with E-state index in [4.69, 9.17) is 0 Å². The first-order chi connectivity index (χ1) is 10.3. The Hall–Kier alpha value is -2.08. The Morgan fingerprint density at radius 2 is 1.29 bits per heavy atom. The van der Waals surface area contributed by atoms with Crippen LogP contribution in [0, 0.1) is 11.8 Å². The number of hydrogen-bond donors (Lipinski definition) is 0. The number of rotatable bonds is 4. The Balaban J connectivity index is 2.01. The predicted octanol–water partition coefficient (Wildman–Crippen LogP) is 5.59. The van der Waals surface area contributed by atoms with E-state index in [-0.39, 0.29) is 0 Å². The van der Waals surface area contributed by atoms with E-state index in [1.807, 2.05) is 0 Å². The zero-order valence-electron chi connectivity index (χ0n) is 12.7. The van der Waals surface area contributed by atoms with E-state index in [9.17, 15) is 0 Å². The summed E-state index contributed by atoms with van der Waals surface area (Å²) in [5.41, 5.74) is 4.23. The second-order valence-electron chi connectivity index (χ2n) is 6.06. The van der Waals surface area contributed by atoms with Crippen LogP contribution in [0.1, 0.15) is 30.9 Å². The first kappa shape index (κ1) is 13.9. The predicted molar refractivity (Wildman–Crippen MR) is 90.3 cm³/mol. The van der Waals surface area contributed by atoms with Crippen LogP contribution in [0.4, 0.5) is 0 Å². The van der Waals surface area contributed by atoms with Gasteiger partial charge in [-0.3, -0.25) is 0 Å². The van der Waals surface area contributed by atoms with Crippen molar-refractivity contribution in [3.63, 3.8) is 0 Å². The van der Waals surface area contributed by atoms with Crippen LogP contribution in [0.3, 0.4) is 0 Å². The van der Waals surface area contributed by atoms with Crippen LogP contribution in [0.2, 0.25) is 0 Å². The van der Waals surface area contributed by atoms with Crippen molar-refractivity contribution < 1.29 is 0 Å². The first-order valence-corrected chi connectivity index (χ1v) is 7.75. The molecule has 0 aliphatic heterocycles. The Labute approximate surface area is 127 Å². The molecule has 0 saturated heterocycles. The van der Waals surface area contributed by atoms with Crippen LogP contribution in [0.25, 0.3) is 0 Å². The van der Waals surface area contributed by atoms with Crippen LogP contribution < -0.4 is 0 Å². The fourth-order valence-electron chi connectivity index (χ4n) is 3.11. The van der Waals surface area contributed by atoms with Gasteiger partial charge in [-0.25, -0.2) is 0 Å². The Morgan fingerprint density at radius 1 is 0.762 bits per heavy atom. The molecule has 0 saturated carbocycles. The smallest absolute Gasteiger partial charge is 0.0187 e. The molecule has 2 aromatic carbocycles. The monoisotopic (exact) mass is 274 g/mol. The summed E-state index contributed by atoms with van der Waals surface area (Å²) in [6.07, 6.45) is 7.10. The van der Waals surface area contributed by atoms with Gasteiger partial charge in [-0.2, -0.15) is 0 Å². The molecule has 1 unspecified atom stereocenters. The van der Waals surface area contributed by atoms with E-state index in [0.717, 1.165) is 0 Å². The van der Waals surface area contributed by atoms with Gasteiger partial charge in [-0.05, 0) is 22.6 Å². The zero-order valence-corrected chi connectivity index (χ0v) is 12.7. The van der Waals surface area contributed by atoms with Crippen molar-refractivity contribution in [3.05, 3.63) is 95.6 Å². The molecular formula is C21H22. The van der Waals surface area contributed by atoms with Crippen molar-refractivity contribution in [2.45, 2.75) is 19.8 Å². The Morgan fingerprint density at radius 3 is 1.71 bits per heavy atom. The average Bonchev–Trinajstić information content (AvgIpc) is 3.00. The Kier molecular flexibility index (Phi) is 4.06. The topological polar surface area (TPSA) is 0 Å². The summed E-state index contributed by atoms with van der Waals surface area (Å²) in [5.74, 6) is 1.45. The summed E-state index contributed by atoms with van der Waals surface area (Å²) in [6.45, 7) is 4.52. The second-order valence-corrected chi connectivity index (χ2v) is 6.06. The third-order valence-corrected chi connectivity index (χ3v) is 4.26. The van der Waals surface area contributed by atoms with Crippen LogP contribution in [-0.4, -0.2) is 0 Å². The molecule has 21 heavy (non-hydrogen) atoms. The SMILES string of the molecule is CC(C)C1=CC(C(c2ccccc2)c2ccccc2)C=C1. The maximum atomic E-state index is 2.44. The molecule has 0 heteroatoms. The van der Waals surface area contributed by atoms with E-state index >= 15 is 0 Å². The minimum Gasteiger partial charge on any atom is -0.0764 e. The lowest BCUT2D eigenvalue weighted by atomic mass is 9.81. The molecule has 2 aromatic rings. The van der Waals surface area contributed by atoms with Crippen molar-refractivity contribution in [2.75, 3.05) is 0 Å². The standard InChI is InChI=1S/C21H22/c1-16(2)19-13-14-20(15-19)21(17-9-5-3-6-10-17)18-11-7-4-8-12-18/h3-16,20-21H,1-2H3. The third kappa shape index (κ3) is 3.00. The van der Waals surface area contributed by atoms with Crippen molar-refractivity contribution in [2.24, 2.45) is 11.8 Å². The van der Waals surface area contributed by atoms with E-state index in [1.54, 1.807) is 0 Å². The van der Waals surface area contributed by atoms with Crippen LogP contribution in [0.15, 0.2) is 84.5 Å². The van der Waals surface area contributed by atoms with E-state index in [2.05, 4.69) is 92.7 Å². The van der Waals surface area contributed by atoms with Crippen molar-refractivity contribution >= 4 is 0 Å². The summed E-state index contributed by atoms with van der Waals surface area (Å²) in [4.78, 5) is 0. The molecule has 1 atom stereocenters. The van der Waals surface area contributed by atoms with Gasteiger partial charge in [0, 0.05) is 11.8 Å². The maximum Gasteiger partial charge on any atom is 0.0187 e. The van der Waals surface area contributed by atoms with Gasteiger partial charge in [0.15, 0.2) is 0 Å². The van der Waals surface area contributed by atoms with Gasteiger partial charge >= 0.3 is 0 Å². The highest BCUT2D eigenvalue weighted by Gasteiger charge is 2.24. The molecule has 0 N–H and O–H groups in total. The molecule has 0 heterocycles. The van der Waals surface area contributed by atoms with Crippen molar-refractivity contribution in [3.8, 4) is 0 Å². The summed E-state index contributed by atoms with van der Waals surface area (Å²) in [5, 5.41) is 0. The first-order valence-electron chi connectivity index (χ1n) is 7.75. The highest BCUT2D eigenvalue weighted by molar-refractivity contribution is 5.41. The quantitative estimate of drug-likeness (QED) is 0.682. The largest absolute Gasteiger partial charge is 0.0764 e. The van der Waals surface area contributed by atoms with Crippen molar-refractivity contribution in [1.82, 2.24) is 0 Å². The fraction of sp³-hybridized carbons (Fsp3) is 0.238. The zero-order chi connectivity index (χ0) is 14.7. The minimum absolute atomic E-state index is 0.403. The van der Waals surface area contributed by atoms with E-state index in [1.165, 1.54) is 16.7 Å². The number of allylic oxidation sites excluding steroid dienone is 4. The molecule has 1 aliphatic carbocycles. The van der Waals surface area contributed by atoms with Gasteiger partial charge in [-0.1, -0.05) is 92.7 Å². The Bertz CT molecular complexity index is 593. The minimum atomic E-state index is 0.403. The normalized spacial score (nSPS) is 17.5. The van der Waals surface area contributed by atoms with Gasteiger partial charge in [0.25, 0.3) is 0 Å². The second kappa shape index (κ2) is 6.13. The molecule has 0 bridgehead atoms.